The lowest BCUT2D eigenvalue weighted by molar-refractivity contribution is 0.112. The third-order valence-electron chi connectivity index (χ3n) is 9.83. The number of aryl methyl sites for hydroxylation is 2. The van der Waals surface area contributed by atoms with Gasteiger partial charge in [-0.25, -0.2) is 4.57 Å². The zero-order valence-corrected chi connectivity index (χ0v) is 30.7. The number of hydrogen-bond acceptors (Lipinski definition) is 2. The van der Waals surface area contributed by atoms with Crippen molar-refractivity contribution in [3.8, 4) is 0 Å². The summed E-state index contributed by atoms with van der Waals surface area (Å²) in [5, 5.41) is 0. The van der Waals surface area contributed by atoms with Crippen LogP contribution in [0.4, 0.5) is 0 Å². The molecule has 2 nitrogen and oxygen atoms in total. The summed E-state index contributed by atoms with van der Waals surface area (Å²) in [6.45, 7) is 6.86. The summed E-state index contributed by atoms with van der Waals surface area (Å²) in [5.41, 5.74) is 4.55. The number of unbranched alkanes of at least 4 members (excludes halogenated alkanes) is 20. The van der Waals surface area contributed by atoms with E-state index in [4.69, 9.17) is 4.52 Å². The molecule has 0 aliphatic rings. The van der Waals surface area contributed by atoms with Gasteiger partial charge in [0.2, 0.25) is 0 Å². The molecule has 0 saturated heterocycles. The predicted octanol–water partition coefficient (Wildman–Crippen LogP) is 14.7. The minimum absolute atomic E-state index is 0.229. The SMILES string of the molecule is CCCCCCCCCCCC(OP=O)(c1ccccc1CCCCCCCCC)c1ccccc1CCCCCCCCC. The topological polar surface area (TPSA) is 26.3 Å². The summed E-state index contributed by atoms with van der Waals surface area (Å²) >= 11 is 0. The Balaban J connectivity index is 2.25. The van der Waals surface area contributed by atoms with Gasteiger partial charge in [-0.05, 0) is 60.8 Å². The van der Waals surface area contributed by atoms with Crippen molar-refractivity contribution in [2.24, 2.45) is 0 Å². The highest BCUT2D eigenvalue weighted by atomic mass is 31.1. The van der Waals surface area contributed by atoms with E-state index >= 15 is 0 Å². The van der Waals surface area contributed by atoms with E-state index < -0.39 is 5.60 Å². The molecule has 0 aromatic heterocycles. The van der Waals surface area contributed by atoms with Crippen LogP contribution in [-0.2, 0) is 27.5 Å². The van der Waals surface area contributed by atoms with Gasteiger partial charge in [0.1, 0.15) is 5.60 Å². The van der Waals surface area contributed by atoms with Crippen molar-refractivity contribution < 1.29 is 9.09 Å². The molecule has 0 aliphatic carbocycles. The first-order chi connectivity index (χ1) is 22.2. The molecule has 0 unspecified atom stereocenters. The minimum Gasteiger partial charge on any atom is -0.278 e. The summed E-state index contributed by atoms with van der Waals surface area (Å²) in [7, 11) is -0.229. The van der Waals surface area contributed by atoms with Gasteiger partial charge in [0, 0.05) is 0 Å². The Morgan fingerprint density at radius 2 is 0.800 bits per heavy atom. The van der Waals surface area contributed by atoms with Crippen molar-refractivity contribution in [2.45, 2.75) is 193 Å². The second-order valence-corrected chi connectivity index (χ2v) is 14.0. The van der Waals surface area contributed by atoms with Gasteiger partial charge in [-0.2, -0.15) is 0 Å². The van der Waals surface area contributed by atoms with E-state index in [1.807, 2.05) is 0 Å². The Labute approximate surface area is 281 Å². The average molecular weight is 637 g/mol. The summed E-state index contributed by atoms with van der Waals surface area (Å²) in [6, 6.07) is 17.9. The van der Waals surface area contributed by atoms with Crippen molar-refractivity contribution in [3.63, 3.8) is 0 Å². The quantitative estimate of drug-likeness (QED) is 0.0630. The first kappa shape index (κ1) is 39.7. The molecule has 0 fully saturated rings. The third-order valence-corrected chi connectivity index (χ3v) is 10.2. The Morgan fingerprint density at radius 3 is 1.18 bits per heavy atom. The second kappa shape index (κ2) is 26.6. The molecule has 0 amide bonds. The first-order valence-corrected chi connectivity index (χ1v) is 20.1. The van der Waals surface area contributed by atoms with Crippen LogP contribution in [0.5, 0.6) is 0 Å². The molecule has 0 spiro atoms. The van der Waals surface area contributed by atoms with Crippen LogP contribution in [0.2, 0.25) is 0 Å². The molecule has 254 valence electrons. The maximum Gasteiger partial charge on any atom is 0.328 e. The Morgan fingerprint density at radius 1 is 0.467 bits per heavy atom. The van der Waals surface area contributed by atoms with Gasteiger partial charge in [-0.1, -0.05) is 198 Å². The fourth-order valence-electron chi connectivity index (χ4n) is 7.12. The molecular weight excluding hydrogens is 567 g/mol. The molecule has 2 rings (SSSR count). The average Bonchev–Trinajstić information content (AvgIpc) is 3.06. The van der Waals surface area contributed by atoms with E-state index in [1.54, 1.807) is 0 Å². The zero-order valence-electron chi connectivity index (χ0n) is 29.8. The minimum atomic E-state index is -0.681. The highest BCUT2D eigenvalue weighted by Crippen LogP contribution is 2.45. The molecule has 2 aromatic carbocycles. The van der Waals surface area contributed by atoms with Gasteiger partial charge in [0.25, 0.3) is 0 Å². The lowest BCUT2D eigenvalue weighted by Gasteiger charge is -2.36. The number of rotatable bonds is 30. The van der Waals surface area contributed by atoms with Crippen molar-refractivity contribution in [1.82, 2.24) is 0 Å². The van der Waals surface area contributed by atoms with Gasteiger partial charge in [-0.15, -0.1) is 0 Å². The van der Waals surface area contributed by atoms with E-state index in [0.717, 1.165) is 25.7 Å². The lowest BCUT2D eigenvalue weighted by Crippen LogP contribution is -2.31. The molecular formula is C42H69O2P. The Hall–Kier alpha value is -1.50. The molecule has 0 heterocycles. The van der Waals surface area contributed by atoms with Crippen molar-refractivity contribution >= 4 is 8.69 Å². The van der Waals surface area contributed by atoms with Crippen LogP contribution in [0.3, 0.4) is 0 Å². The number of hydrogen-bond donors (Lipinski definition) is 0. The van der Waals surface area contributed by atoms with Crippen LogP contribution in [0, 0.1) is 0 Å². The predicted molar refractivity (Wildman–Crippen MR) is 198 cm³/mol. The smallest absolute Gasteiger partial charge is 0.278 e. The molecule has 45 heavy (non-hydrogen) atoms. The van der Waals surface area contributed by atoms with E-state index in [2.05, 4.69) is 69.3 Å². The van der Waals surface area contributed by atoms with Crippen LogP contribution in [-0.4, -0.2) is 0 Å². The van der Waals surface area contributed by atoms with Gasteiger partial charge < -0.3 is 0 Å². The molecule has 0 radical (unpaired) electrons. The van der Waals surface area contributed by atoms with Crippen LogP contribution < -0.4 is 0 Å². The summed E-state index contributed by atoms with van der Waals surface area (Å²) in [5.74, 6) is 0. The van der Waals surface area contributed by atoms with Gasteiger partial charge in [-0.3, -0.25) is 4.52 Å². The van der Waals surface area contributed by atoms with E-state index in [-0.39, 0.29) is 8.69 Å². The van der Waals surface area contributed by atoms with Crippen molar-refractivity contribution in [2.75, 3.05) is 0 Å². The Bertz CT molecular complexity index is 925. The monoisotopic (exact) mass is 637 g/mol. The van der Waals surface area contributed by atoms with Gasteiger partial charge in [0.05, 0.1) is 0 Å². The lowest BCUT2D eigenvalue weighted by atomic mass is 9.76. The fourth-order valence-corrected chi connectivity index (χ4v) is 7.53. The zero-order chi connectivity index (χ0) is 32.3. The van der Waals surface area contributed by atoms with E-state index in [0.29, 0.717) is 0 Å². The van der Waals surface area contributed by atoms with Crippen LogP contribution in [0.1, 0.15) is 197 Å². The summed E-state index contributed by atoms with van der Waals surface area (Å²) < 4.78 is 19.0. The normalized spacial score (nSPS) is 11.9. The van der Waals surface area contributed by atoms with Gasteiger partial charge in [0.15, 0.2) is 0 Å². The highest BCUT2D eigenvalue weighted by Gasteiger charge is 2.39. The molecule has 0 N–H and O–H groups in total. The molecule has 0 saturated carbocycles. The van der Waals surface area contributed by atoms with Crippen LogP contribution in [0.25, 0.3) is 0 Å². The maximum atomic E-state index is 12.5. The van der Waals surface area contributed by atoms with E-state index in [9.17, 15) is 4.57 Å². The summed E-state index contributed by atoms with van der Waals surface area (Å²) in [6.07, 6.45) is 33.0. The maximum absolute atomic E-state index is 12.5. The third kappa shape index (κ3) is 15.8. The van der Waals surface area contributed by atoms with Gasteiger partial charge >= 0.3 is 8.69 Å². The largest absolute Gasteiger partial charge is 0.328 e. The summed E-state index contributed by atoms with van der Waals surface area (Å²) in [4.78, 5) is 0. The first-order valence-electron chi connectivity index (χ1n) is 19.4. The van der Waals surface area contributed by atoms with E-state index in [1.165, 1.54) is 164 Å². The number of benzene rings is 2. The fraction of sp³-hybridized carbons (Fsp3) is 0.714. The second-order valence-electron chi connectivity index (χ2n) is 13.6. The Kier molecular flexibility index (Phi) is 23.4. The van der Waals surface area contributed by atoms with Crippen molar-refractivity contribution in [3.05, 3.63) is 70.8 Å². The van der Waals surface area contributed by atoms with Crippen LogP contribution in [0.15, 0.2) is 48.5 Å². The molecule has 0 aliphatic heterocycles. The standard InChI is InChI=1S/C42H69O2P/c1-4-7-10-13-16-17-20-23-30-37-42(44-45-43,40-35-28-26-33-38(40)31-24-21-18-14-11-8-5-2)41-36-29-27-34-39(41)32-25-22-19-15-12-9-6-3/h26-29,33-36H,4-25,30-32,37H2,1-3H3. The molecule has 2 aromatic rings. The van der Waals surface area contributed by atoms with Crippen LogP contribution >= 0.6 is 8.69 Å². The van der Waals surface area contributed by atoms with Crippen molar-refractivity contribution in [1.29, 1.82) is 0 Å². The molecule has 3 heteroatoms. The molecule has 0 atom stereocenters. The molecule has 0 bridgehead atoms. The highest BCUT2D eigenvalue weighted by molar-refractivity contribution is 7.17.